The Kier molecular flexibility index (Phi) is 7.63. The van der Waals surface area contributed by atoms with Crippen LogP contribution in [0.4, 0.5) is 0 Å². The van der Waals surface area contributed by atoms with Gasteiger partial charge in [-0.15, -0.1) is 0 Å². The Morgan fingerprint density at radius 2 is 1.21 bits per heavy atom. The second-order valence-corrected chi connectivity index (χ2v) is 15.8. The molecule has 0 saturated carbocycles. The van der Waals surface area contributed by atoms with Crippen molar-refractivity contribution in [3.8, 4) is 39.3 Å². The third-order valence-electron chi connectivity index (χ3n) is 10.7. The summed E-state index contributed by atoms with van der Waals surface area (Å²) >= 11 is 0. The van der Waals surface area contributed by atoms with Gasteiger partial charge < -0.3 is 4.42 Å². The number of furan rings is 1. The molecule has 8 aromatic rings. The number of fused-ring (bicyclic) bond motifs is 4. The van der Waals surface area contributed by atoms with Crippen molar-refractivity contribution in [1.82, 2.24) is 4.57 Å². The van der Waals surface area contributed by atoms with Gasteiger partial charge in [0.2, 0.25) is 0 Å². The molecule has 3 nitrogen and oxygen atoms in total. The van der Waals surface area contributed by atoms with Crippen molar-refractivity contribution in [2.75, 3.05) is 0 Å². The number of hydrogen-bond donors (Lipinski definition) is 0. The summed E-state index contributed by atoms with van der Waals surface area (Å²) in [5.74, 6) is -1.05. The minimum atomic E-state index is -0.998. The highest BCUT2D eigenvalue weighted by atomic mass is 16.3. The third-order valence-corrected chi connectivity index (χ3v) is 10.7. The molecule has 0 fully saturated rings. The van der Waals surface area contributed by atoms with Gasteiger partial charge in [0.15, 0.2) is 16.6 Å². The van der Waals surface area contributed by atoms with E-state index in [0.717, 1.165) is 83.4 Å². The van der Waals surface area contributed by atoms with Crippen LogP contribution in [0.1, 0.15) is 85.2 Å². The van der Waals surface area contributed by atoms with Gasteiger partial charge in [-0.25, -0.2) is 4.57 Å². The van der Waals surface area contributed by atoms with Crippen LogP contribution in [0.5, 0.6) is 0 Å². The Morgan fingerprint density at radius 1 is 0.654 bits per heavy atom. The van der Waals surface area contributed by atoms with Crippen LogP contribution in [0.15, 0.2) is 126 Å². The SMILES string of the molecule is [2H]C(C)(C)c1cc(-c2ccc(-c3ccc(C(C)(C)C)cc3)cc2)cc(C([2H])(C)C)c1-n1c(-c2c(C)ccc3c2oc2ccccc23)[n+](C)c2ccccc21. The number of rotatable bonds is 6. The highest BCUT2D eigenvalue weighted by molar-refractivity contribution is 6.10. The Bertz CT molecular complexity index is 2680. The molecule has 52 heavy (non-hydrogen) atoms. The lowest BCUT2D eigenvalue weighted by atomic mass is 9.86. The van der Waals surface area contributed by atoms with E-state index in [1.165, 1.54) is 11.1 Å². The van der Waals surface area contributed by atoms with Gasteiger partial charge in [-0.3, -0.25) is 0 Å². The fourth-order valence-electron chi connectivity index (χ4n) is 7.81. The van der Waals surface area contributed by atoms with Crippen LogP contribution >= 0.6 is 0 Å². The molecule has 260 valence electrons. The molecule has 0 bridgehead atoms. The molecule has 2 aromatic heterocycles. The topological polar surface area (TPSA) is 21.9 Å². The average Bonchev–Trinajstić information content (AvgIpc) is 3.65. The minimum Gasteiger partial charge on any atom is -0.455 e. The number of hydrogen-bond acceptors (Lipinski definition) is 1. The number of para-hydroxylation sites is 3. The fraction of sp³-hybridized carbons (Fsp3) is 0.245. The van der Waals surface area contributed by atoms with Crippen molar-refractivity contribution in [3.63, 3.8) is 0 Å². The molecule has 0 aliphatic heterocycles. The van der Waals surface area contributed by atoms with E-state index in [1.54, 1.807) is 0 Å². The largest absolute Gasteiger partial charge is 0.455 e. The third kappa shape index (κ3) is 5.55. The predicted octanol–water partition coefficient (Wildman–Crippen LogP) is 13.2. The van der Waals surface area contributed by atoms with E-state index in [9.17, 15) is 2.74 Å². The molecule has 0 aliphatic rings. The summed E-state index contributed by atoms with van der Waals surface area (Å²) in [6.45, 7) is 16.7. The van der Waals surface area contributed by atoms with Gasteiger partial charge in [-0.2, -0.15) is 4.57 Å². The smallest absolute Gasteiger partial charge is 0.299 e. The minimum absolute atomic E-state index is 0.103. The molecule has 0 saturated heterocycles. The summed E-state index contributed by atoms with van der Waals surface area (Å²) in [5, 5.41) is 2.14. The molecule has 8 rings (SSSR count). The molecule has 6 aromatic carbocycles. The van der Waals surface area contributed by atoms with Crippen LogP contribution in [-0.4, -0.2) is 4.57 Å². The van der Waals surface area contributed by atoms with E-state index in [4.69, 9.17) is 4.42 Å². The molecule has 2 heterocycles. The van der Waals surface area contributed by atoms with Crippen LogP contribution in [0.2, 0.25) is 0 Å². The summed E-state index contributed by atoms with van der Waals surface area (Å²) in [5.41, 5.74) is 14.2. The molecular weight excluding hydrogens is 633 g/mol. The van der Waals surface area contributed by atoms with Crippen LogP contribution in [0, 0.1) is 6.92 Å². The normalized spacial score (nSPS) is 13.2. The zero-order valence-corrected chi connectivity index (χ0v) is 31.8. The molecular formula is C49H49N2O+. The average molecular weight is 684 g/mol. The zero-order valence-electron chi connectivity index (χ0n) is 33.8. The van der Waals surface area contributed by atoms with Gasteiger partial charge in [-0.1, -0.05) is 139 Å². The Hall–Kier alpha value is -5.41. The number of benzene rings is 6. The summed E-state index contributed by atoms with van der Waals surface area (Å²) in [4.78, 5) is 0. The van der Waals surface area contributed by atoms with Crippen molar-refractivity contribution in [2.24, 2.45) is 7.05 Å². The van der Waals surface area contributed by atoms with E-state index < -0.39 is 11.8 Å². The standard InChI is InChI=1S/C49H49N2O/c1-30(2)40-28-36(35-21-19-33(20-22-35)34-23-25-37(26-24-34)49(6,7)8)29-41(31(3)4)46(40)51-43-16-12-11-15-42(43)50(9)48(51)45-32(5)18-27-39-38-14-10-13-17-44(38)52-47(39)45/h10-31H,1-9H3/q+1/i30D,31D. The number of nitrogens with zero attached hydrogens (tertiary/aromatic N) is 2. The first-order valence-electron chi connectivity index (χ1n) is 19.3. The monoisotopic (exact) mass is 683 g/mol. The van der Waals surface area contributed by atoms with E-state index >= 15 is 0 Å². The maximum Gasteiger partial charge on any atom is 0.299 e. The Morgan fingerprint density at radius 3 is 1.83 bits per heavy atom. The molecule has 0 atom stereocenters. The summed E-state index contributed by atoms with van der Waals surface area (Å²) in [6, 6.07) is 42.9. The van der Waals surface area contributed by atoms with Gasteiger partial charge in [-0.05, 0) is 87.8 Å². The maximum absolute atomic E-state index is 9.67. The fourth-order valence-corrected chi connectivity index (χ4v) is 7.81. The molecule has 0 N–H and O–H groups in total. The Labute approximate surface area is 311 Å². The zero-order chi connectivity index (χ0) is 38.3. The van der Waals surface area contributed by atoms with Gasteiger partial charge >= 0.3 is 0 Å². The summed E-state index contributed by atoms with van der Waals surface area (Å²) < 4.78 is 30.6. The molecule has 0 radical (unpaired) electrons. The molecule has 0 amide bonds. The van der Waals surface area contributed by atoms with Crippen LogP contribution in [0.3, 0.4) is 0 Å². The van der Waals surface area contributed by atoms with Crippen LogP contribution in [-0.2, 0) is 12.5 Å². The van der Waals surface area contributed by atoms with Crippen molar-refractivity contribution >= 4 is 33.0 Å². The first-order chi connectivity index (χ1) is 25.5. The molecule has 3 heteroatoms. The number of aryl methyl sites for hydroxylation is 2. The summed E-state index contributed by atoms with van der Waals surface area (Å²) in [6.07, 6.45) is 0. The first kappa shape index (κ1) is 31.3. The van der Waals surface area contributed by atoms with Crippen molar-refractivity contribution in [1.29, 1.82) is 0 Å². The predicted molar refractivity (Wildman–Crippen MR) is 220 cm³/mol. The first-order valence-corrected chi connectivity index (χ1v) is 18.3. The quantitative estimate of drug-likeness (QED) is 0.160. The maximum atomic E-state index is 9.67. The lowest BCUT2D eigenvalue weighted by Gasteiger charge is -2.21. The van der Waals surface area contributed by atoms with E-state index in [1.807, 2.05) is 39.8 Å². The second kappa shape index (κ2) is 12.7. The second-order valence-electron chi connectivity index (χ2n) is 15.8. The van der Waals surface area contributed by atoms with Gasteiger partial charge in [0.1, 0.15) is 16.8 Å². The highest BCUT2D eigenvalue weighted by Gasteiger charge is 2.34. The van der Waals surface area contributed by atoms with Gasteiger partial charge in [0.05, 0.1) is 7.05 Å². The van der Waals surface area contributed by atoms with Gasteiger partial charge in [0, 0.05) is 24.6 Å². The van der Waals surface area contributed by atoms with E-state index in [0.29, 0.717) is 0 Å². The molecule has 0 spiro atoms. The van der Waals surface area contributed by atoms with Gasteiger partial charge in [0.25, 0.3) is 5.82 Å². The Balaban J connectivity index is 1.39. The number of aromatic nitrogens is 2. The van der Waals surface area contributed by atoms with Crippen LogP contribution < -0.4 is 4.57 Å². The van der Waals surface area contributed by atoms with Crippen LogP contribution in [0.25, 0.3) is 72.3 Å². The number of imidazole rings is 1. The van der Waals surface area contributed by atoms with E-state index in [-0.39, 0.29) is 5.41 Å². The lowest BCUT2D eigenvalue weighted by Crippen LogP contribution is -2.30. The van der Waals surface area contributed by atoms with Crippen molar-refractivity contribution in [3.05, 3.63) is 144 Å². The van der Waals surface area contributed by atoms with Crippen molar-refractivity contribution in [2.45, 2.75) is 72.6 Å². The lowest BCUT2D eigenvalue weighted by molar-refractivity contribution is -0.633. The molecule has 0 aliphatic carbocycles. The van der Waals surface area contributed by atoms with Crippen molar-refractivity contribution < 1.29 is 11.7 Å². The molecule has 0 unspecified atom stereocenters. The highest BCUT2D eigenvalue weighted by Crippen LogP contribution is 2.43. The summed E-state index contributed by atoms with van der Waals surface area (Å²) in [7, 11) is 2.11. The van der Waals surface area contributed by atoms with E-state index in [2.05, 4.69) is 153 Å².